The van der Waals surface area contributed by atoms with Gasteiger partial charge in [-0.1, -0.05) is 6.92 Å². The molecule has 0 aromatic rings. The first-order valence-corrected chi connectivity index (χ1v) is 7.91. The molecule has 0 spiro atoms. The van der Waals surface area contributed by atoms with E-state index in [1.807, 2.05) is 4.90 Å². The van der Waals surface area contributed by atoms with Crippen LogP contribution in [-0.4, -0.2) is 74.2 Å². The van der Waals surface area contributed by atoms with Crippen LogP contribution in [0.1, 0.15) is 19.8 Å². The molecule has 1 N–H and O–H groups in total. The SMILES string of the molecule is CC1CCNC1C(=O)N(CCC#N)CCN1CCOCC1. The number of rotatable bonds is 6. The van der Waals surface area contributed by atoms with E-state index in [0.29, 0.717) is 25.4 Å². The van der Waals surface area contributed by atoms with E-state index in [-0.39, 0.29) is 11.9 Å². The molecule has 0 aliphatic carbocycles. The van der Waals surface area contributed by atoms with E-state index in [4.69, 9.17) is 10.00 Å². The zero-order valence-corrected chi connectivity index (χ0v) is 12.9. The van der Waals surface area contributed by atoms with Crippen LogP contribution in [0.15, 0.2) is 0 Å². The van der Waals surface area contributed by atoms with Gasteiger partial charge in [0.05, 0.1) is 31.7 Å². The molecule has 21 heavy (non-hydrogen) atoms. The average Bonchev–Trinajstić information content (AvgIpc) is 2.94. The van der Waals surface area contributed by atoms with Gasteiger partial charge in [0.25, 0.3) is 0 Å². The Bertz CT molecular complexity index is 376. The smallest absolute Gasteiger partial charge is 0.240 e. The Morgan fingerprint density at radius 2 is 2.19 bits per heavy atom. The van der Waals surface area contributed by atoms with Gasteiger partial charge < -0.3 is 15.0 Å². The van der Waals surface area contributed by atoms with Crippen LogP contribution >= 0.6 is 0 Å². The summed E-state index contributed by atoms with van der Waals surface area (Å²) >= 11 is 0. The van der Waals surface area contributed by atoms with Gasteiger partial charge in [-0.3, -0.25) is 9.69 Å². The van der Waals surface area contributed by atoms with Crippen LogP contribution in [0.4, 0.5) is 0 Å². The predicted octanol–water partition coefficient (Wildman–Crippen LogP) is 0.0589. The van der Waals surface area contributed by atoms with E-state index < -0.39 is 0 Å². The lowest BCUT2D eigenvalue weighted by molar-refractivity contribution is -0.134. The summed E-state index contributed by atoms with van der Waals surface area (Å²) in [6, 6.07) is 2.07. The second kappa shape index (κ2) is 8.32. The summed E-state index contributed by atoms with van der Waals surface area (Å²) in [5.41, 5.74) is 0. The highest BCUT2D eigenvalue weighted by molar-refractivity contribution is 5.82. The van der Waals surface area contributed by atoms with E-state index in [9.17, 15) is 4.79 Å². The fourth-order valence-electron chi connectivity index (χ4n) is 2.97. The Hall–Kier alpha value is -1.16. The Labute approximate surface area is 127 Å². The Balaban J connectivity index is 1.86. The standard InChI is InChI=1S/C15H26N4O2/c1-13-3-5-17-14(13)15(20)19(6-2-4-16)8-7-18-9-11-21-12-10-18/h13-14,17H,2-3,5-12H2,1H3. The largest absolute Gasteiger partial charge is 0.379 e. The van der Waals surface area contributed by atoms with Crippen LogP contribution in [0.3, 0.4) is 0 Å². The second-order valence-electron chi connectivity index (χ2n) is 5.89. The first-order chi connectivity index (χ1) is 10.2. The number of amides is 1. The number of morpholine rings is 1. The van der Waals surface area contributed by atoms with Gasteiger partial charge in [-0.2, -0.15) is 5.26 Å². The maximum absolute atomic E-state index is 12.6. The van der Waals surface area contributed by atoms with Crippen molar-refractivity contribution in [3.63, 3.8) is 0 Å². The minimum atomic E-state index is -0.0756. The van der Waals surface area contributed by atoms with E-state index in [2.05, 4.69) is 23.2 Å². The van der Waals surface area contributed by atoms with Crippen molar-refractivity contribution < 1.29 is 9.53 Å². The first kappa shape index (κ1) is 16.2. The van der Waals surface area contributed by atoms with Gasteiger partial charge >= 0.3 is 0 Å². The molecular weight excluding hydrogens is 268 g/mol. The monoisotopic (exact) mass is 294 g/mol. The molecule has 2 aliphatic rings. The van der Waals surface area contributed by atoms with Crippen molar-refractivity contribution in [1.29, 1.82) is 5.26 Å². The van der Waals surface area contributed by atoms with Crippen LogP contribution in [-0.2, 0) is 9.53 Å². The molecule has 2 aliphatic heterocycles. The minimum Gasteiger partial charge on any atom is -0.379 e. The highest BCUT2D eigenvalue weighted by Gasteiger charge is 2.32. The summed E-state index contributed by atoms with van der Waals surface area (Å²) in [5.74, 6) is 0.536. The molecule has 6 heteroatoms. The molecule has 1 amide bonds. The number of carbonyl (C=O) groups is 1. The van der Waals surface area contributed by atoms with Gasteiger partial charge in [-0.25, -0.2) is 0 Å². The lowest BCUT2D eigenvalue weighted by Gasteiger charge is -2.31. The molecule has 2 fully saturated rings. The van der Waals surface area contributed by atoms with Gasteiger partial charge in [0.1, 0.15) is 0 Å². The van der Waals surface area contributed by atoms with Crippen molar-refractivity contribution in [3.05, 3.63) is 0 Å². The molecule has 0 bridgehead atoms. The molecule has 6 nitrogen and oxygen atoms in total. The van der Waals surface area contributed by atoms with Crippen LogP contribution in [0.2, 0.25) is 0 Å². The summed E-state index contributed by atoms with van der Waals surface area (Å²) < 4.78 is 5.34. The Kier molecular flexibility index (Phi) is 6.43. The van der Waals surface area contributed by atoms with Crippen LogP contribution in [0, 0.1) is 17.2 Å². The molecule has 2 heterocycles. The molecule has 0 aromatic carbocycles. The molecular formula is C15H26N4O2. The zero-order chi connectivity index (χ0) is 15.1. The number of hydrogen-bond donors (Lipinski definition) is 1. The summed E-state index contributed by atoms with van der Waals surface area (Å²) in [7, 11) is 0. The third-order valence-electron chi connectivity index (χ3n) is 4.39. The molecule has 0 radical (unpaired) electrons. The van der Waals surface area contributed by atoms with Crippen molar-refractivity contribution in [2.24, 2.45) is 5.92 Å². The summed E-state index contributed by atoms with van der Waals surface area (Å²) in [6.07, 6.45) is 1.45. The van der Waals surface area contributed by atoms with Crippen molar-refractivity contribution in [3.8, 4) is 6.07 Å². The maximum atomic E-state index is 12.6. The fraction of sp³-hybridized carbons (Fsp3) is 0.867. The predicted molar refractivity (Wildman–Crippen MR) is 79.6 cm³/mol. The van der Waals surface area contributed by atoms with Crippen LogP contribution in [0.5, 0.6) is 0 Å². The number of nitriles is 1. The Morgan fingerprint density at radius 1 is 1.43 bits per heavy atom. The number of carbonyl (C=O) groups excluding carboxylic acids is 1. The van der Waals surface area contributed by atoms with Gasteiger partial charge in [0.2, 0.25) is 5.91 Å². The van der Waals surface area contributed by atoms with E-state index in [1.165, 1.54) is 0 Å². The van der Waals surface area contributed by atoms with Gasteiger partial charge in [0.15, 0.2) is 0 Å². The van der Waals surface area contributed by atoms with Crippen LogP contribution in [0.25, 0.3) is 0 Å². The third kappa shape index (κ3) is 4.67. The van der Waals surface area contributed by atoms with Crippen molar-refractivity contribution in [1.82, 2.24) is 15.1 Å². The van der Waals surface area contributed by atoms with Crippen molar-refractivity contribution in [2.75, 3.05) is 52.5 Å². The molecule has 118 valence electrons. The zero-order valence-electron chi connectivity index (χ0n) is 12.9. The summed E-state index contributed by atoms with van der Waals surface area (Å²) in [5, 5.41) is 12.1. The topological polar surface area (TPSA) is 68.6 Å². The lowest BCUT2D eigenvalue weighted by Crippen LogP contribution is -2.49. The molecule has 2 rings (SSSR count). The van der Waals surface area contributed by atoms with Crippen molar-refractivity contribution >= 4 is 5.91 Å². The maximum Gasteiger partial charge on any atom is 0.240 e. The first-order valence-electron chi connectivity index (χ1n) is 7.91. The highest BCUT2D eigenvalue weighted by Crippen LogP contribution is 2.17. The highest BCUT2D eigenvalue weighted by atomic mass is 16.5. The normalized spacial score (nSPS) is 26.5. The van der Waals surface area contributed by atoms with E-state index >= 15 is 0 Å². The van der Waals surface area contributed by atoms with E-state index in [0.717, 1.165) is 45.8 Å². The average molecular weight is 294 g/mol. The second-order valence-corrected chi connectivity index (χ2v) is 5.89. The number of hydrogen-bond acceptors (Lipinski definition) is 5. The van der Waals surface area contributed by atoms with E-state index in [1.54, 1.807) is 0 Å². The molecule has 2 unspecified atom stereocenters. The van der Waals surface area contributed by atoms with Crippen LogP contribution < -0.4 is 5.32 Å². The number of nitrogens with one attached hydrogen (secondary N) is 1. The molecule has 0 aromatic heterocycles. The summed E-state index contributed by atoms with van der Waals surface area (Å²) in [6.45, 7) is 8.52. The van der Waals surface area contributed by atoms with Crippen molar-refractivity contribution in [2.45, 2.75) is 25.8 Å². The lowest BCUT2D eigenvalue weighted by atomic mass is 10.0. The molecule has 0 saturated carbocycles. The van der Waals surface area contributed by atoms with Gasteiger partial charge in [0, 0.05) is 32.7 Å². The molecule has 2 atom stereocenters. The van der Waals surface area contributed by atoms with Gasteiger partial charge in [-0.05, 0) is 18.9 Å². The number of ether oxygens (including phenoxy) is 1. The fourth-order valence-corrected chi connectivity index (χ4v) is 2.97. The quantitative estimate of drug-likeness (QED) is 0.750. The molecule has 2 saturated heterocycles. The summed E-state index contributed by atoms with van der Waals surface area (Å²) in [4.78, 5) is 16.8. The van der Waals surface area contributed by atoms with Gasteiger partial charge in [-0.15, -0.1) is 0 Å². The third-order valence-corrected chi connectivity index (χ3v) is 4.39. The minimum absolute atomic E-state index is 0.0756. The number of nitrogens with zero attached hydrogens (tertiary/aromatic N) is 3. The Morgan fingerprint density at radius 3 is 2.81 bits per heavy atom.